The van der Waals surface area contributed by atoms with E-state index in [4.69, 9.17) is 12.2 Å². The Hall–Kier alpha value is -2.73. The number of hydrazone groups is 1. The number of benzene rings is 2. The van der Waals surface area contributed by atoms with E-state index in [1.807, 2.05) is 30.3 Å². The minimum Gasteiger partial charge on any atom is -0.465 e. The van der Waals surface area contributed by atoms with Crippen LogP contribution in [0.3, 0.4) is 0 Å². The highest BCUT2D eigenvalue weighted by molar-refractivity contribution is 7.80. The zero-order valence-electron chi connectivity index (χ0n) is 11.9. The number of nitrogens with one attached hydrogen (secondary N) is 2. The first-order chi connectivity index (χ1) is 10.7. The van der Waals surface area contributed by atoms with Gasteiger partial charge in [-0.05, 0) is 42.0 Å². The molecule has 0 aliphatic heterocycles. The Labute approximate surface area is 134 Å². The van der Waals surface area contributed by atoms with Crippen LogP contribution in [-0.2, 0) is 4.74 Å². The third kappa shape index (κ3) is 4.68. The third-order valence-electron chi connectivity index (χ3n) is 2.74. The summed E-state index contributed by atoms with van der Waals surface area (Å²) in [5, 5.41) is 7.44. The van der Waals surface area contributed by atoms with Gasteiger partial charge in [-0.1, -0.05) is 30.3 Å². The zero-order valence-corrected chi connectivity index (χ0v) is 12.8. The van der Waals surface area contributed by atoms with Gasteiger partial charge in [0.1, 0.15) is 0 Å². The van der Waals surface area contributed by atoms with Crippen molar-refractivity contribution in [1.82, 2.24) is 5.43 Å². The number of nitrogens with zero attached hydrogens (tertiary/aromatic N) is 1. The van der Waals surface area contributed by atoms with Crippen LogP contribution in [0.1, 0.15) is 15.9 Å². The Bertz CT molecular complexity index is 670. The topological polar surface area (TPSA) is 62.7 Å². The van der Waals surface area contributed by atoms with Gasteiger partial charge in [-0.2, -0.15) is 5.10 Å². The largest absolute Gasteiger partial charge is 0.465 e. The third-order valence-corrected chi connectivity index (χ3v) is 2.94. The van der Waals surface area contributed by atoms with Crippen LogP contribution in [-0.4, -0.2) is 24.4 Å². The second kappa shape index (κ2) is 7.90. The number of anilines is 1. The van der Waals surface area contributed by atoms with E-state index in [0.29, 0.717) is 10.7 Å². The van der Waals surface area contributed by atoms with Crippen LogP contribution < -0.4 is 10.7 Å². The molecule has 0 atom stereocenters. The minimum absolute atomic E-state index is 0.366. The molecule has 0 heterocycles. The number of rotatable bonds is 4. The first-order valence-corrected chi connectivity index (χ1v) is 6.93. The summed E-state index contributed by atoms with van der Waals surface area (Å²) in [5.74, 6) is -0.366. The lowest BCUT2D eigenvalue weighted by molar-refractivity contribution is 0.0601. The molecule has 0 spiro atoms. The van der Waals surface area contributed by atoms with E-state index in [2.05, 4.69) is 20.6 Å². The average molecular weight is 313 g/mol. The van der Waals surface area contributed by atoms with Gasteiger partial charge >= 0.3 is 5.97 Å². The first-order valence-electron chi connectivity index (χ1n) is 6.52. The second-order valence-electron chi connectivity index (χ2n) is 4.30. The summed E-state index contributed by atoms with van der Waals surface area (Å²) in [4.78, 5) is 11.3. The predicted octanol–water partition coefficient (Wildman–Crippen LogP) is 2.79. The van der Waals surface area contributed by atoms with Crippen molar-refractivity contribution in [2.75, 3.05) is 12.4 Å². The maximum absolute atomic E-state index is 11.3. The molecular formula is C16H15N3O2S. The van der Waals surface area contributed by atoms with Gasteiger partial charge in [0.25, 0.3) is 0 Å². The van der Waals surface area contributed by atoms with Crippen molar-refractivity contribution in [1.29, 1.82) is 0 Å². The van der Waals surface area contributed by atoms with E-state index in [0.717, 1.165) is 11.3 Å². The van der Waals surface area contributed by atoms with Crippen LogP contribution in [0.5, 0.6) is 0 Å². The normalized spacial score (nSPS) is 10.2. The fourth-order valence-corrected chi connectivity index (χ4v) is 1.84. The number of hydrogen-bond donors (Lipinski definition) is 2. The van der Waals surface area contributed by atoms with Crippen molar-refractivity contribution in [2.24, 2.45) is 5.10 Å². The molecule has 0 radical (unpaired) electrons. The highest BCUT2D eigenvalue weighted by Crippen LogP contribution is 2.05. The van der Waals surface area contributed by atoms with E-state index < -0.39 is 0 Å². The lowest BCUT2D eigenvalue weighted by Gasteiger charge is -2.06. The van der Waals surface area contributed by atoms with Gasteiger partial charge in [0.15, 0.2) is 5.11 Å². The van der Waals surface area contributed by atoms with Crippen LogP contribution >= 0.6 is 12.2 Å². The lowest BCUT2D eigenvalue weighted by atomic mass is 10.1. The summed E-state index contributed by atoms with van der Waals surface area (Å²) < 4.78 is 4.64. The predicted molar refractivity (Wildman–Crippen MR) is 91.2 cm³/mol. The smallest absolute Gasteiger partial charge is 0.337 e. The molecule has 0 aliphatic rings. The Morgan fingerprint density at radius 2 is 1.82 bits per heavy atom. The molecule has 0 fully saturated rings. The van der Waals surface area contributed by atoms with E-state index >= 15 is 0 Å². The highest BCUT2D eigenvalue weighted by Gasteiger charge is 2.03. The monoisotopic (exact) mass is 313 g/mol. The SMILES string of the molecule is COC(=O)c1ccc(C=NNC(=S)Nc2ccccc2)cc1. The van der Waals surface area contributed by atoms with E-state index in [1.165, 1.54) is 7.11 Å². The number of carbonyl (C=O) groups excluding carboxylic acids is 1. The van der Waals surface area contributed by atoms with Crippen molar-refractivity contribution in [3.8, 4) is 0 Å². The molecule has 0 amide bonds. The first kappa shape index (κ1) is 15.7. The summed E-state index contributed by atoms with van der Waals surface area (Å²) >= 11 is 5.12. The average Bonchev–Trinajstić information content (AvgIpc) is 2.55. The lowest BCUT2D eigenvalue weighted by Crippen LogP contribution is -2.23. The Morgan fingerprint density at radius 1 is 1.14 bits per heavy atom. The number of methoxy groups -OCH3 is 1. The van der Waals surface area contributed by atoms with Crippen molar-refractivity contribution >= 4 is 35.2 Å². The molecule has 2 N–H and O–H groups in total. The van der Waals surface area contributed by atoms with Gasteiger partial charge in [0.05, 0.1) is 18.9 Å². The molecule has 0 aromatic heterocycles. The summed E-state index contributed by atoms with van der Waals surface area (Å²) in [7, 11) is 1.35. The molecular weight excluding hydrogens is 298 g/mol. The van der Waals surface area contributed by atoms with Crippen molar-refractivity contribution in [3.05, 3.63) is 65.7 Å². The van der Waals surface area contributed by atoms with Gasteiger partial charge in [-0.3, -0.25) is 5.43 Å². The molecule has 2 aromatic carbocycles. The standard InChI is InChI=1S/C16H15N3O2S/c1-21-15(20)13-9-7-12(8-10-13)11-17-19-16(22)18-14-5-3-2-4-6-14/h2-11H,1H3,(H2,18,19,22). The number of carbonyl (C=O) groups is 1. The highest BCUT2D eigenvalue weighted by atomic mass is 32.1. The van der Waals surface area contributed by atoms with E-state index in [1.54, 1.807) is 30.5 Å². The van der Waals surface area contributed by atoms with Crippen LogP contribution in [0.15, 0.2) is 59.7 Å². The van der Waals surface area contributed by atoms with Crippen LogP contribution in [0, 0.1) is 0 Å². The molecule has 0 unspecified atom stereocenters. The Morgan fingerprint density at radius 3 is 2.45 bits per heavy atom. The van der Waals surface area contributed by atoms with Crippen LogP contribution in [0.4, 0.5) is 5.69 Å². The molecule has 5 nitrogen and oxygen atoms in total. The van der Waals surface area contributed by atoms with Gasteiger partial charge in [-0.25, -0.2) is 4.79 Å². The number of para-hydroxylation sites is 1. The molecule has 2 rings (SSSR count). The van der Waals surface area contributed by atoms with Crippen molar-refractivity contribution < 1.29 is 9.53 Å². The molecule has 6 heteroatoms. The molecule has 2 aromatic rings. The number of esters is 1. The molecule has 0 bridgehead atoms. The Kier molecular flexibility index (Phi) is 5.62. The second-order valence-corrected chi connectivity index (χ2v) is 4.71. The Balaban J connectivity index is 1.87. The van der Waals surface area contributed by atoms with E-state index in [-0.39, 0.29) is 5.97 Å². The number of thiocarbonyl (C=S) groups is 1. The van der Waals surface area contributed by atoms with Crippen molar-refractivity contribution in [3.63, 3.8) is 0 Å². The summed E-state index contributed by atoms with van der Waals surface area (Å²) in [6.07, 6.45) is 1.61. The van der Waals surface area contributed by atoms with E-state index in [9.17, 15) is 4.79 Å². The number of ether oxygens (including phenoxy) is 1. The summed E-state index contributed by atoms with van der Waals surface area (Å²) in [6.45, 7) is 0. The quantitative estimate of drug-likeness (QED) is 0.393. The summed E-state index contributed by atoms with van der Waals surface area (Å²) in [6, 6.07) is 16.5. The van der Waals surface area contributed by atoms with Crippen molar-refractivity contribution in [2.45, 2.75) is 0 Å². The fourth-order valence-electron chi connectivity index (χ4n) is 1.67. The molecule has 112 valence electrons. The van der Waals surface area contributed by atoms with Gasteiger partial charge in [-0.15, -0.1) is 0 Å². The molecule has 0 aliphatic carbocycles. The minimum atomic E-state index is -0.366. The van der Waals surface area contributed by atoms with Gasteiger partial charge in [0, 0.05) is 5.69 Å². The maximum Gasteiger partial charge on any atom is 0.337 e. The van der Waals surface area contributed by atoms with Gasteiger partial charge in [0.2, 0.25) is 0 Å². The zero-order chi connectivity index (χ0) is 15.8. The fraction of sp³-hybridized carbons (Fsp3) is 0.0625. The van der Waals surface area contributed by atoms with Crippen LogP contribution in [0.25, 0.3) is 0 Å². The van der Waals surface area contributed by atoms with Gasteiger partial charge < -0.3 is 10.1 Å². The summed E-state index contributed by atoms with van der Waals surface area (Å²) in [5.41, 5.74) is 4.94. The molecule has 0 saturated heterocycles. The molecule has 22 heavy (non-hydrogen) atoms. The maximum atomic E-state index is 11.3. The number of hydrogen-bond acceptors (Lipinski definition) is 4. The molecule has 0 saturated carbocycles. The van der Waals surface area contributed by atoms with Crippen LogP contribution in [0.2, 0.25) is 0 Å².